The second-order valence-electron chi connectivity index (χ2n) is 3.89. The highest BCUT2D eigenvalue weighted by molar-refractivity contribution is 9.10. The molecule has 1 heterocycles. The summed E-state index contributed by atoms with van der Waals surface area (Å²) >= 11 is 3.52. The molecule has 0 aromatic carbocycles. The van der Waals surface area contributed by atoms with Crippen LogP contribution in [0.25, 0.3) is 0 Å². The molecule has 17 heavy (non-hydrogen) atoms. The lowest BCUT2D eigenvalue weighted by Gasteiger charge is -2.40. The van der Waals surface area contributed by atoms with Crippen LogP contribution in [0.4, 0.5) is 0 Å². The molecule has 1 aliphatic heterocycles. The van der Waals surface area contributed by atoms with Crippen LogP contribution in [-0.4, -0.2) is 24.3 Å². The number of hydrogen-bond donors (Lipinski definition) is 1. The molecule has 0 aromatic heterocycles. The molecule has 1 atom stereocenters. The van der Waals surface area contributed by atoms with Crippen LogP contribution in [0, 0.1) is 0 Å². The molecule has 0 fully saturated rings. The standard InChI is InChI=1S/C11H13BrN2O2S/c12-11(14-8-4-1-5-9-14)7-3-2-6-10(11)17(13,15)16/h1-6,8H,7,9H2,(H2,13,15,16). The van der Waals surface area contributed by atoms with Crippen molar-refractivity contribution in [3.05, 3.63) is 47.6 Å². The van der Waals surface area contributed by atoms with Gasteiger partial charge in [0.25, 0.3) is 0 Å². The van der Waals surface area contributed by atoms with Crippen LogP contribution in [0.15, 0.2) is 47.6 Å². The summed E-state index contributed by atoms with van der Waals surface area (Å²) in [5, 5.41) is 5.26. The minimum absolute atomic E-state index is 0.187. The van der Waals surface area contributed by atoms with Crippen molar-refractivity contribution >= 4 is 26.0 Å². The summed E-state index contributed by atoms with van der Waals surface area (Å²) < 4.78 is 22.5. The predicted molar refractivity (Wildman–Crippen MR) is 71.6 cm³/mol. The van der Waals surface area contributed by atoms with Crippen LogP contribution >= 0.6 is 15.9 Å². The van der Waals surface area contributed by atoms with Crippen molar-refractivity contribution < 1.29 is 8.42 Å². The molecular weight excluding hydrogens is 304 g/mol. The molecule has 0 bridgehead atoms. The van der Waals surface area contributed by atoms with Crippen LogP contribution in [0.3, 0.4) is 0 Å². The van der Waals surface area contributed by atoms with Crippen molar-refractivity contribution in [1.29, 1.82) is 0 Å². The van der Waals surface area contributed by atoms with Crippen molar-refractivity contribution in [2.45, 2.75) is 10.9 Å². The monoisotopic (exact) mass is 316 g/mol. The topological polar surface area (TPSA) is 63.4 Å². The fourth-order valence-corrected chi connectivity index (χ4v) is 4.07. The van der Waals surface area contributed by atoms with Gasteiger partial charge in [-0.1, -0.05) is 40.2 Å². The van der Waals surface area contributed by atoms with Crippen LogP contribution in [0.1, 0.15) is 6.42 Å². The Bertz CT molecular complexity index is 534. The Morgan fingerprint density at radius 1 is 1.29 bits per heavy atom. The summed E-state index contributed by atoms with van der Waals surface area (Å²) in [5.41, 5.74) is 0. The van der Waals surface area contributed by atoms with Gasteiger partial charge in [0.2, 0.25) is 10.0 Å². The van der Waals surface area contributed by atoms with Crippen molar-refractivity contribution in [2.24, 2.45) is 5.14 Å². The minimum atomic E-state index is -3.72. The second-order valence-corrected chi connectivity index (χ2v) is 6.73. The lowest BCUT2D eigenvalue weighted by atomic mass is 10.1. The van der Waals surface area contributed by atoms with E-state index in [0.717, 1.165) is 0 Å². The molecule has 0 amide bonds. The van der Waals surface area contributed by atoms with Gasteiger partial charge in [0, 0.05) is 19.2 Å². The summed E-state index contributed by atoms with van der Waals surface area (Å²) in [7, 11) is -3.72. The average Bonchev–Trinajstić information content (AvgIpc) is 2.29. The van der Waals surface area contributed by atoms with E-state index in [1.165, 1.54) is 0 Å². The Balaban J connectivity index is 2.42. The molecule has 1 aliphatic carbocycles. The number of allylic oxidation sites excluding steroid dienone is 4. The zero-order valence-electron chi connectivity index (χ0n) is 9.08. The number of nitrogens with zero attached hydrogens (tertiary/aromatic N) is 1. The van der Waals surface area contributed by atoms with E-state index in [-0.39, 0.29) is 4.91 Å². The van der Waals surface area contributed by atoms with Crippen LogP contribution < -0.4 is 5.14 Å². The smallest absolute Gasteiger partial charge is 0.237 e. The van der Waals surface area contributed by atoms with Gasteiger partial charge >= 0.3 is 0 Å². The van der Waals surface area contributed by atoms with E-state index in [0.29, 0.717) is 13.0 Å². The predicted octanol–water partition coefficient (Wildman–Crippen LogP) is 1.60. The SMILES string of the molecule is NS(=O)(=O)C1=CC=CCC1(Br)N1C=CC=CC1. The van der Waals surface area contributed by atoms with E-state index >= 15 is 0 Å². The minimum Gasteiger partial charge on any atom is -0.354 e. The summed E-state index contributed by atoms with van der Waals surface area (Å²) in [6.45, 7) is 0.641. The number of nitrogens with two attached hydrogens (primary N) is 1. The first-order chi connectivity index (χ1) is 7.94. The number of hydrogen-bond acceptors (Lipinski definition) is 3. The van der Waals surface area contributed by atoms with Crippen molar-refractivity contribution in [1.82, 2.24) is 4.90 Å². The quantitative estimate of drug-likeness (QED) is 0.621. The van der Waals surface area contributed by atoms with Gasteiger partial charge < -0.3 is 4.90 Å². The van der Waals surface area contributed by atoms with Gasteiger partial charge in [-0.15, -0.1) is 0 Å². The number of alkyl halides is 1. The fourth-order valence-electron chi connectivity index (χ4n) is 1.91. The molecule has 0 spiro atoms. The van der Waals surface area contributed by atoms with Crippen molar-refractivity contribution in [3.8, 4) is 0 Å². The van der Waals surface area contributed by atoms with Gasteiger partial charge in [-0.25, -0.2) is 13.6 Å². The zero-order chi connectivity index (χ0) is 12.5. The zero-order valence-corrected chi connectivity index (χ0v) is 11.5. The molecule has 92 valence electrons. The molecule has 1 unspecified atom stereocenters. The molecule has 0 radical (unpaired) electrons. The first-order valence-corrected chi connectivity index (χ1v) is 7.47. The maximum atomic E-state index is 11.6. The lowest BCUT2D eigenvalue weighted by molar-refractivity contribution is 0.315. The highest BCUT2D eigenvalue weighted by Crippen LogP contribution is 2.40. The normalized spacial score (nSPS) is 28.4. The highest BCUT2D eigenvalue weighted by atomic mass is 79.9. The molecule has 2 aliphatic rings. The van der Waals surface area contributed by atoms with Gasteiger partial charge in [-0.3, -0.25) is 0 Å². The lowest BCUT2D eigenvalue weighted by Crippen LogP contribution is -2.46. The largest absolute Gasteiger partial charge is 0.354 e. The second kappa shape index (κ2) is 4.44. The maximum Gasteiger partial charge on any atom is 0.237 e. The molecule has 0 aromatic rings. The third-order valence-corrected chi connectivity index (χ3v) is 5.28. The molecule has 6 heteroatoms. The molecule has 2 rings (SSSR count). The Morgan fingerprint density at radius 2 is 2.06 bits per heavy atom. The maximum absolute atomic E-state index is 11.6. The third-order valence-electron chi connectivity index (χ3n) is 2.73. The Labute approximate surface area is 109 Å². The first-order valence-electron chi connectivity index (χ1n) is 5.14. The molecule has 0 saturated carbocycles. The van der Waals surface area contributed by atoms with E-state index in [1.54, 1.807) is 12.2 Å². The van der Waals surface area contributed by atoms with E-state index in [4.69, 9.17) is 5.14 Å². The molecule has 4 nitrogen and oxygen atoms in total. The average molecular weight is 317 g/mol. The van der Waals surface area contributed by atoms with Gasteiger partial charge in [0.15, 0.2) is 0 Å². The Kier molecular flexibility index (Phi) is 3.29. The first kappa shape index (κ1) is 12.6. The van der Waals surface area contributed by atoms with Crippen LogP contribution in [0.5, 0.6) is 0 Å². The van der Waals surface area contributed by atoms with Gasteiger partial charge in [0.05, 0.1) is 4.91 Å². The van der Waals surface area contributed by atoms with Crippen LogP contribution in [0.2, 0.25) is 0 Å². The van der Waals surface area contributed by atoms with Gasteiger partial charge in [-0.2, -0.15) is 0 Å². The molecule has 2 N–H and O–H groups in total. The highest BCUT2D eigenvalue weighted by Gasteiger charge is 2.41. The van der Waals surface area contributed by atoms with Gasteiger partial charge in [-0.05, 0) is 12.2 Å². The van der Waals surface area contributed by atoms with E-state index in [2.05, 4.69) is 15.9 Å². The van der Waals surface area contributed by atoms with Crippen molar-refractivity contribution in [2.75, 3.05) is 6.54 Å². The number of primary sulfonamides is 1. The summed E-state index contributed by atoms with van der Waals surface area (Å²) in [6, 6.07) is 0. The summed E-state index contributed by atoms with van der Waals surface area (Å²) in [5.74, 6) is 0. The Morgan fingerprint density at radius 3 is 2.65 bits per heavy atom. The number of sulfonamides is 1. The van der Waals surface area contributed by atoms with E-state index in [9.17, 15) is 8.42 Å². The van der Waals surface area contributed by atoms with E-state index < -0.39 is 14.5 Å². The number of halogens is 1. The summed E-state index contributed by atoms with van der Waals surface area (Å²) in [4.78, 5) is 2.10. The number of rotatable bonds is 2. The van der Waals surface area contributed by atoms with Crippen molar-refractivity contribution in [3.63, 3.8) is 0 Å². The fraction of sp³-hybridized carbons (Fsp3) is 0.273. The molecule has 0 saturated heterocycles. The summed E-state index contributed by atoms with van der Waals surface area (Å²) in [6.07, 6.45) is 13.3. The third kappa shape index (κ3) is 2.38. The molecular formula is C11H13BrN2O2S. The Hall–Kier alpha value is -0.850. The van der Waals surface area contributed by atoms with Crippen LogP contribution in [-0.2, 0) is 10.0 Å². The van der Waals surface area contributed by atoms with E-state index in [1.807, 2.05) is 35.4 Å². The van der Waals surface area contributed by atoms with Gasteiger partial charge in [0.1, 0.15) is 4.45 Å².